The lowest BCUT2D eigenvalue weighted by Crippen LogP contribution is -2.64. The highest BCUT2D eigenvalue weighted by Gasteiger charge is 2.55. The fourth-order valence-electron chi connectivity index (χ4n) is 3.91. The Balaban J connectivity index is 1.77. The SMILES string of the molecule is CC(=O)CN1C(=O)C2C(=NC3=[N+]2CC(C)CN3c2ccc(Br)cc2)N(C)C1=O. The number of fused-ring (bicyclic) bond motifs is 2. The van der Waals surface area contributed by atoms with Crippen molar-refractivity contribution in [3.05, 3.63) is 28.7 Å². The maximum atomic E-state index is 13.1. The number of carbonyl (C=O) groups is 3. The number of urea groups is 1. The molecule has 2 atom stereocenters. The molecule has 28 heavy (non-hydrogen) atoms. The number of guanidine groups is 1. The number of halogens is 1. The number of Topliss-reactive ketones (excluding diaryl/α,β-unsaturated/α-hetero) is 1. The maximum absolute atomic E-state index is 13.1. The average molecular weight is 447 g/mol. The first-order valence-electron chi connectivity index (χ1n) is 9.11. The summed E-state index contributed by atoms with van der Waals surface area (Å²) in [5.74, 6) is 0.746. The normalized spacial score (nSPS) is 24.4. The Morgan fingerprint density at radius 2 is 1.96 bits per heavy atom. The molecule has 0 aliphatic carbocycles. The predicted molar refractivity (Wildman–Crippen MR) is 108 cm³/mol. The highest BCUT2D eigenvalue weighted by molar-refractivity contribution is 9.10. The van der Waals surface area contributed by atoms with Gasteiger partial charge in [0, 0.05) is 17.4 Å². The summed E-state index contributed by atoms with van der Waals surface area (Å²) in [6.07, 6.45) is 0. The van der Waals surface area contributed by atoms with Crippen LogP contribution in [0.5, 0.6) is 0 Å². The van der Waals surface area contributed by atoms with E-state index in [1.165, 1.54) is 11.8 Å². The fraction of sp³-hybridized carbons (Fsp3) is 0.421. The summed E-state index contributed by atoms with van der Waals surface area (Å²) >= 11 is 3.45. The molecular weight excluding hydrogens is 426 g/mol. The molecule has 3 heterocycles. The minimum absolute atomic E-state index is 0.221. The maximum Gasteiger partial charge on any atom is 0.397 e. The van der Waals surface area contributed by atoms with Gasteiger partial charge >= 0.3 is 12.0 Å². The second-order valence-corrected chi connectivity index (χ2v) is 8.40. The number of hydrogen-bond acceptors (Lipinski definition) is 5. The zero-order chi connectivity index (χ0) is 20.2. The van der Waals surface area contributed by atoms with Crippen LogP contribution in [0.25, 0.3) is 0 Å². The van der Waals surface area contributed by atoms with Crippen LogP contribution in [-0.4, -0.2) is 76.6 Å². The minimum Gasteiger partial charge on any atom is -0.298 e. The van der Waals surface area contributed by atoms with Crippen molar-refractivity contribution in [3.63, 3.8) is 0 Å². The van der Waals surface area contributed by atoms with Crippen LogP contribution in [0, 0.1) is 5.92 Å². The largest absolute Gasteiger partial charge is 0.397 e. The molecule has 4 rings (SSSR count). The van der Waals surface area contributed by atoms with Gasteiger partial charge in [0.1, 0.15) is 11.5 Å². The van der Waals surface area contributed by atoms with Gasteiger partial charge in [-0.2, -0.15) is 0 Å². The number of ketones is 1. The van der Waals surface area contributed by atoms with Crippen LogP contribution in [0.2, 0.25) is 0 Å². The first-order chi connectivity index (χ1) is 13.3. The monoisotopic (exact) mass is 446 g/mol. The van der Waals surface area contributed by atoms with Crippen molar-refractivity contribution >= 4 is 51.1 Å². The van der Waals surface area contributed by atoms with Gasteiger partial charge in [-0.1, -0.05) is 27.8 Å². The highest BCUT2D eigenvalue weighted by atomic mass is 79.9. The van der Waals surface area contributed by atoms with Gasteiger partial charge in [-0.3, -0.25) is 19.4 Å². The molecule has 8 nitrogen and oxygen atoms in total. The Hall–Kier alpha value is -2.55. The number of anilines is 1. The van der Waals surface area contributed by atoms with Crippen molar-refractivity contribution in [2.45, 2.75) is 19.9 Å². The van der Waals surface area contributed by atoms with Gasteiger partial charge in [0.15, 0.2) is 0 Å². The van der Waals surface area contributed by atoms with Gasteiger partial charge in [-0.05, 0) is 31.2 Å². The fourth-order valence-corrected chi connectivity index (χ4v) is 4.17. The summed E-state index contributed by atoms with van der Waals surface area (Å²) in [6.45, 7) is 4.69. The number of benzene rings is 1. The molecule has 3 aliphatic rings. The molecule has 2 unspecified atom stereocenters. The molecule has 9 heteroatoms. The quantitative estimate of drug-likeness (QED) is 0.659. The van der Waals surface area contributed by atoms with E-state index < -0.39 is 18.0 Å². The van der Waals surface area contributed by atoms with Gasteiger partial charge in [0.2, 0.25) is 11.9 Å². The molecule has 0 bridgehead atoms. The van der Waals surface area contributed by atoms with Crippen LogP contribution in [0.3, 0.4) is 0 Å². The van der Waals surface area contributed by atoms with Crippen LogP contribution in [0.1, 0.15) is 13.8 Å². The molecule has 3 amide bonds. The molecule has 146 valence electrons. The number of amidine groups is 1. The highest BCUT2D eigenvalue weighted by Crippen LogP contribution is 2.28. The van der Waals surface area contributed by atoms with Gasteiger partial charge < -0.3 is 0 Å². The second kappa shape index (κ2) is 6.80. The van der Waals surface area contributed by atoms with Crippen molar-refractivity contribution in [1.29, 1.82) is 0 Å². The summed E-state index contributed by atoms with van der Waals surface area (Å²) in [7, 11) is 1.60. The van der Waals surface area contributed by atoms with Crippen molar-refractivity contribution in [3.8, 4) is 0 Å². The third-order valence-electron chi connectivity index (χ3n) is 5.15. The Morgan fingerprint density at radius 1 is 1.29 bits per heavy atom. The zero-order valence-corrected chi connectivity index (χ0v) is 17.5. The Morgan fingerprint density at radius 3 is 2.61 bits per heavy atom. The predicted octanol–water partition coefficient (Wildman–Crippen LogP) is 1.54. The van der Waals surface area contributed by atoms with Crippen LogP contribution >= 0.6 is 15.9 Å². The molecule has 0 saturated carbocycles. The number of rotatable bonds is 3. The van der Waals surface area contributed by atoms with E-state index in [4.69, 9.17) is 0 Å². The molecule has 0 spiro atoms. The van der Waals surface area contributed by atoms with Crippen LogP contribution in [-0.2, 0) is 9.59 Å². The summed E-state index contributed by atoms with van der Waals surface area (Å²) in [5.41, 5.74) is 0.972. The van der Waals surface area contributed by atoms with Crippen molar-refractivity contribution in [2.75, 3.05) is 31.6 Å². The van der Waals surface area contributed by atoms with E-state index in [2.05, 4.69) is 32.7 Å². The third kappa shape index (κ3) is 2.94. The van der Waals surface area contributed by atoms with Crippen LogP contribution in [0.4, 0.5) is 10.5 Å². The van der Waals surface area contributed by atoms with Crippen molar-refractivity contribution in [1.82, 2.24) is 9.80 Å². The van der Waals surface area contributed by atoms with Crippen LogP contribution < -0.4 is 4.90 Å². The number of likely N-dealkylation sites (N-methyl/N-ethyl adjacent to an activating group) is 1. The minimum atomic E-state index is -0.683. The number of aliphatic imine (C=N–C) groups is 1. The van der Waals surface area contributed by atoms with Gasteiger partial charge in [-0.15, -0.1) is 0 Å². The number of hydrogen-bond donors (Lipinski definition) is 0. The zero-order valence-electron chi connectivity index (χ0n) is 15.9. The molecule has 1 fully saturated rings. The third-order valence-corrected chi connectivity index (χ3v) is 5.68. The standard InChI is InChI=1S/C19H21BrN5O3/c1-11-8-23(14-6-4-13(20)5-7-14)18-21-16-15(24(18)9-11)17(27)25(10-12(2)26)19(28)22(16)3/h4-7,11,15H,8-10H2,1-3H3/q+1. The lowest BCUT2D eigenvalue weighted by molar-refractivity contribution is -0.545. The lowest BCUT2D eigenvalue weighted by atomic mass is 10.1. The Kier molecular flexibility index (Phi) is 4.57. The van der Waals surface area contributed by atoms with E-state index in [1.807, 2.05) is 28.8 Å². The first-order valence-corrected chi connectivity index (χ1v) is 9.91. The molecule has 0 radical (unpaired) electrons. The number of imide groups is 1. The smallest absolute Gasteiger partial charge is 0.298 e. The molecule has 1 aromatic rings. The summed E-state index contributed by atoms with van der Waals surface area (Å²) in [6, 6.07) is 6.72. The number of nitrogens with zero attached hydrogens (tertiary/aromatic N) is 5. The van der Waals surface area contributed by atoms with Gasteiger partial charge in [0.05, 0.1) is 19.6 Å². The molecule has 0 N–H and O–H groups in total. The molecular formula is C19H21BrN5O3+. The van der Waals surface area contributed by atoms with E-state index in [-0.39, 0.29) is 12.3 Å². The Labute approximate surface area is 171 Å². The Bertz CT molecular complexity index is 939. The average Bonchev–Trinajstić information content (AvgIpc) is 3.03. The number of carbonyl (C=O) groups excluding carboxylic acids is 3. The second-order valence-electron chi connectivity index (χ2n) is 7.49. The molecule has 3 aliphatic heterocycles. The van der Waals surface area contributed by atoms with Crippen molar-refractivity contribution < 1.29 is 19.0 Å². The number of amides is 3. The van der Waals surface area contributed by atoms with Gasteiger partial charge in [0.25, 0.3) is 5.91 Å². The van der Waals surface area contributed by atoms with E-state index in [0.29, 0.717) is 24.3 Å². The van der Waals surface area contributed by atoms with E-state index >= 15 is 0 Å². The summed E-state index contributed by atoms with van der Waals surface area (Å²) < 4.78 is 2.93. The lowest BCUT2D eigenvalue weighted by Gasteiger charge is -2.35. The summed E-state index contributed by atoms with van der Waals surface area (Å²) in [4.78, 5) is 46.5. The first kappa shape index (κ1) is 18.8. The molecule has 0 aromatic heterocycles. The molecule has 1 aromatic carbocycles. The van der Waals surface area contributed by atoms with Gasteiger partial charge in [-0.25, -0.2) is 14.3 Å². The molecule has 1 saturated heterocycles. The van der Waals surface area contributed by atoms with Crippen LogP contribution in [0.15, 0.2) is 33.7 Å². The van der Waals surface area contributed by atoms with E-state index in [0.717, 1.165) is 21.6 Å². The topological polar surface area (TPSA) is 76.3 Å². The van der Waals surface area contributed by atoms with E-state index in [9.17, 15) is 14.4 Å². The summed E-state index contributed by atoms with van der Waals surface area (Å²) in [5, 5.41) is 0. The van der Waals surface area contributed by atoms with E-state index in [1.54, 1.807) is 7.05 Å². The van der Waals surface area contributed by atoms with Crippen molar-refractivity contribution in [2.24, 2.45) is 10.9 Å².